The van der Waals surface area contributed by atoms with Gasteiger partial charge in [-0.25, -0.2) is 4.39 Å². The van der Waals surface area contributed by atoms with E-state index in [4.69, 9.17) is 4.43 Å². The van der Waals surface area contributed by atoms with Crippen molar-refractivity contribution in [3.05, 3.63) is 29.6 Å². The van der Waals surface area contributed by atoms with Gasteiger partial charge >= 0.3 is 0 Å². The predicted octanol–water partition coefficient (Wildman–Crippen LogP) is 5.26. The van der Waals surface area contributed by atoms with Crippen molar-refractivity contribution in [1.82, 2.24) is 0 Å². The van der Waals surface area contributed by atoms with E-state index in [0.29, 0.717) is 5.75 Å². The summed E-state index contributed by atoms with van der Waals surface area (Å²) >= 11 is 0. The molecule has 0 heterocycles. The molecular weight excluding hydrogens is 255 g/mol. The molecule has 0 saturated heterocycles. The highest BCUT2D eigenvalue weighted by Crippen LogP contribution is 2.48. The van der Waals surface area contributed by atoms with E-state index in [2.05, 4.69) is 40.8 Å². The van der Waals surface area contributed by atoms with Gasteiger partial charge in [0.25, 0.3) is 0 Å². The lowest BCUT2D eigenvalue weighted by atomic mass is 9.98. The van der Waals surface area contributed by atoms with E-state index >= 15 is 0 Å². The summed E-state index contributed by atoms with van der Waals surface area (Å²) in [5, 5.41) is 0.128. The van der Waals surface area contributed by atoms with Crippen molar-refractivity contribution in [3.8, 4) is 5.75 Å². The van der Waals surface area contributed by atoms with Crippen LogP contribution in [0, 0.1) is 5.82 Å². The van der Waals surface area contributed by atoms with Gasteiger partial charge in [0.2, 0.25) is 8.32 Å². The fourth-order valence-electron chi connectivity index (χ4n) is 1.89. The first-order valence-corrected chi connectivity index (χ1v) is 9.94. The van der Waals surface area contributed by atoms with Crippen molar-refractivity contribution >= 4 is 8.32 Å². The van der Waals surface area contributed by atoms with Gasteiger partial charge in [0.1, 0.15) is 11.6 Å². The molecule has 19 heavy (non-hydrogen) atoms. The van der Waals surface area contributed by atoms with Crippen molar-refractivity contribution < 1.29 is 8.82 Å². The molecule has 3 heteroatoms. The van der Waals surface area contributed by atoms with Gasteiger partial charge in [-0.2, -0.15) is 0 Å². The third-order valence-electron chi connectivity index (χ3n) is 4.75. The number of hydrogen-bond acceptors (Lipinski definition) is 1. The molecule has 0 bridgehead atoms. The molecule has 1 aliphatic carbocycles. The zero-order valence-electron chi connectivity index (χ0n) is 12.9. The largest absolute Gasteiger partial charge is 0.543 e. The molecule has 1 saturated carbocycles. The van der Waals surface area contributed by atoms with E-state index < -0.39 is 8.32 Å². The molecule has 2 rings (SSSR count). The van der Waals surface area contributed by atoms with Crippen LogP contribution >= 0.6 is 0 Å². The third kappa shape index (κ3) is 3.02. The second kappa shape index (κ2) is 4.34. The van der Waals surface area contributed by atoms with Gasteiger partial charge in [0.05, 0.1) is 0 Å². The average molecular weight is 280 g/mol. The Labute approximate surface area is 117 Å². The lowest BCUT2D eigenvalue weighted by Crippen LogP contribution is -2.43. The Morgan fingerprint density at radius 2 is 1.74 bits per heavy atom. The van der Waals surface area contributed by atoms with E-state index in [1.54, 1.807) is 6.07 Å². The summed E-state index contributed by atoms with van der Waals surface area (Å²) in [7, 11) is -1.90. The maximum Gasteiger partial charge on any atom is 0.250 e. The van der Waals surface area contributed by atoms with E-state index in [9.17, 15) is 4.39 Å². The molecule has 0 aliphatic heterocycles. The van der Waals surface area contributed by atoms with Crippen LogP contribution in [0.25, 0.3) is 0 Å². The summed E-state index contributed by atoms with van der Waals surface area (Å²) < 4.78 is 20.0. The maximum atomic E-state index is 13.8. The molecule has 0 unspecified atom stereocenters. The Morgan fingerprint density at radius 1 is 1.16 bits per heavy atom. The molecule has 0 atom stereocenters. The smallest absolute Gasteiger partial charge is 0.250 e. The van der Waals surface area contributed by atoms with Crippen LogP contribution in [0.15, 0.2) is 18.2 Å². The van der Waals surface area contributed by atoms with Crippen LogP contribution in [-0.2, 0) is 5.41 Å². The summed E-state index contributed by atoms with van der Waals surface area (Å²) in [6.45, 7) is 13.2. The van der Waals surface area contributed by atoms with Crippen LogP contribution in [0.1, 0.15) is 46.1 Å². The first kappa shape index (κ1) is 14.6. The molecule has 1 nitrogen and oxygen atoms in total. The Bertz CT molecular complexity index is 484. The van der Waals surface area contributed by atoms with Gasteiger partial charge in [0, 0.05) is 6.07 Å². The van der Waals surface area contributed by atoms with Crippen molar-refractivity contribution in [1.29, 1.82) is 0 Å². The first-order valence-electron chi connectivity index (χ1n) is 7.04. The maximum absolute atomic E-state index is 13.8. The number of halogens is 1. The molecule has 1 aromatic rings. The normalized spacial score (nSPS) is 18.3. The summed E-state index contributed by atoms with van der Waals surface area (Å²) in [6, 6.07) is 5.22. The number of hydrogen-bond donors (Lipinski definition) is 0. The summed E-state index contributed by atoms with van der Waals surface area (Å²) in [4.78, 5) is 0. The van der Waals surface area contributed by atoms with Gasteiger partial charge in [0.15, 0.2) is 0 Å². The average Bonchev–Trinajstić information content (AvgIpc) is 2.94. The molecule has 1 aliphatic rings. The second-order valence-electron chi connectivity index (χ2n) is 7.60. The van der Waals surface area contributed by atoms with Crippen molar-refractivity contribution in [2.24, 2.45) is 0 Å². The third-order valence-corrected chi connectivity index (χ3v) is 9.11. The predicted molar refractivity (Wildman–Crippen MR) is 80.8 cm³/mol. The van der Waals surface area contributed by atoms with Gasteiger partial charge in [-0.05, 0) is 54.1 Å². The Kier molecular flexibility index (Phi) is 3.33. The van der Waals surface area contributed by atoms with Gasteiger partial charge in [-0.1, -0.05) is 27.7 Å². The minimum atomic E-state index is -1.90. The van der Waals surface area contributed by atoms with Crippen LogP contribution in [0.2, 0.25) is 18.1 Å². The zero-order chi connectivity index (χ0) is 14.5. The van der Waals surface area contributed by atoms with Crippen molar-refractivity contribution in [2.45, 2.75) is 64.1 Å². The van der Waals surface area contributed by atoms with E-state index in [1.807, 2.05) is 6.07 Å². The fourth-order valence-corrected chi connectivity index (χ4v) is 2.91. The van der Waals surface area contributed by atoms with Crippen LogP contribution in [0.3, 0.4) is 0 Å². The van der Waals surface area contributed by atoms with Crippen LogP contribution in [0.5, 0.6) is 5.75 Å². The standard InChI is InChI=1S/C16H25FOSi/c1-15(2,3)19(5,6)18-14-10-12(9-13(17)11-14)16(4)7-8-16/h9-11H,7-8H2,1-6H3. The highest BCUT2D eigenvalue weighted by atomic mass is 28.4. The van der Waals surface area contributed by atoms with Crippen molar-refractivity contribution in [2.75, 3.05) is 0 Å². The number of benzene rings is 1. The van der Waals surface area contributed by atoms with Crippen LogP contribution in [0.4, 0.5) is 4.39 Å². The molecule has 1 fully saturated rings. The summed E-state index contributed by atoms with van der Waals surface area (Å²) in [5.74, 6) is 0.522. The minimum Gasteiger partial charge on any atom is -0.543 e. The zero-order valence-corrected chi connectivity index (χ0v) is 13.9. The van der Waals surface area contributed by atoms with E-state index in [-0.39, 0.29) is 16.3 Å². The highest BCUT2D eigenvalue weighted by Gasteiger charge is 2.41. The Morgan fingerprint density at radius 3 is 2.21 bits per heavy atom. The minimum absolute atomic E-state index is 0.128. The summed E-state index contributed by atoms with van der Waals surface area (Å²) in [6.07, 6.45) is 2.30. The fraction of sp³-hybridized carbons (Fsp3) is 0.625. The molecular formula is C16H25FOSi. The lowest BCUT2D eigenvalue weighted by Gasteiger charge is -2.36. The van der Waals surface area contributed by atoms with E-state index in [1.165, 1.54) is 6.07 Å². The molecule has 0 radical (unpaired) electrons. The lowest BCUT2D eigenvalue weighted by molar-refractivity contribution is 0.485. The monoisotopic (exact) mass is 280 g/mol. The molecule has 1 aromatic carbocycles. The quantitative estimate of drug-likeness (QED) is 0.686. The van der Waals surface area contributed by atoms with Gasteiger partial charge in [-0.3, -0.25) is 0 Å². The van der Waals surface area contributed by atoms with Crippen LogP contribution in [-0.4, -0.2) is 8.32 Å². The highest BCUT2D eigenvalue weighted by molar-refractivity contribution is 6.74. The van der Waals surface area contributed by atoms with Gasteiger partial charge in [-0.15, -0.1) is 0 Å². The van der Waals surface area contributed by atoms with E-state index in [0.717, 1.165) is 18.4 Å². The molecule has 106 valence electrons. The summed E-state index contributed by atoms with van der Waals surface area (Å²) in [5.41, 5.74) is 1.26. The van der Waals surface area contributed by atoms with Crippen molar-refractivity contribution in [3.63, 3.8) is 0 Å². The SMILES string of the molecule is CC1(c2cc(F)cc(O[Si](C)(C)C(C)(C)C)c2)CC1. The Balaban J connectivity index is 2.29. The van der Waals surface area contributed by atoms with Gasteiger partial charge < -0.3 is 4.43 Å². The number of rotatable bonds is 3. The molecule has 0 aromatic heterocycles. The first-order chi connectivity index (χ1) is 8.53. The molecule has 0 amide bonds. The Hall–Kier alpha value is -0.833. The second-order valence-corrected chi connectivity index (χ2v) is 12.3. The van der Waals surface area contributed by atoms with Crippen LogP contribution < -0.4 is 4.43 Å². The molecule has 0 N–H and O–H groups in total. The molecule has 0 spiro atoms. The topological polar surface area (TPSA) is 9.23 Å².